The molecule has 18 heavy (non-hydrogen) atoms. The number of rotatable bonds is 6. The summed E-state index contributed by atoms with van der Waals surface area (Å²) in [6.07, 6.45) is 0.613. The topological polar surface area (TPSA) is 54.4 Å². The number of hydrogen-bond acceptors (Lipinski definition) is 4. The predicted molar refractivity (Wildman–Crippen MR) is 66.7 cm³/mol. The van der Waals surface area contributed by atoms with Crippen LogP contribution in [0.3, 0.4) is 0 Å². The summed E-state index contributed by atoms with van der Waals surface area (Å²) in [5, 5.41) is 8.92. The highest BCUT2D eigenvalue weighted by Crippen LogP contribution is 2.27. The van der Waals surface area contributed by atoms with Crippen molar-refractivity contribution < 1.29 is 22.3 Å². The molecule has 0 aliphatic heterocycles. The van der Waals surface area contributed by atoms with Crippen LogP contribution in [0.15, 0.2) is 34.1 Å². The predicted octanol–water partition coefficient (Wildman–Crippen LogP) is 2.55. The second kappa shape index (κ2) is 6.49. The van der Waals surface area contributed by atoms with Gasteiger partial charge in [-0.2, -0.15) is 8.78 Å². The molecule has 0 heterocycles. The number of sulfone groups is 1. The SMILES string of the molecule is CC(CCO)Sc1ccc(S(=O)(=O)C(F)F)cc1. The molecule has 0 saturated carbocycles. The first kappa shape index (κ1) is 15.4. The number of benzene rings is 1. The molecule has 0 amide bonds. The van der Waals surface area contributed by atoms with Gasteiger partial charge in [-0.25, -0.2) is 8.42 Å². The Balaban J connectivity index is 2.81. The minimum atomic E-state index is -4.51. The van der Waals surface area contributed by atoms with Crippen LogP contribution in [0.1, 0.15) is 13.3 Å². The first-order valence-electron chi connectivity index (χ1n) is 5.27. The Kier molecular flexibility index (Phi) is 5.55. The molecule has 1 aromatic carbocycles. The van der Waals surface area contributed by atoms with Crippen molar-refractivity contribution >= 4 is 21.6 Å². The molecule has 1 unspecified atom stereocenters. The quantitative estimate of drug-likeness (QED) is 0.820. The fourth-order valence-electron chi connectivity index (χ4n) is 1.28. The molecular formula is C11H14F2O3S2. The molecule has 7 heteroatoms. The molecule has 102 valence electrons. The van der Waals surface area contributed by atoms with Crippen molar-refractivity contribution in [3.8, 4) is 0 Å². The van der Waals surface area contributed by atoms with Gasteiger partial charge in [0.1, 0.15) is 0 Å². The molecule has 1 aromatic rings. The van der Waals surface area contributed by atoms with Crippen LogP contribution in [0.5, 0.6) is 0 Å². The van der Waals surface area contributed by atoms with E-state index in [4.69, 9.17) is 5.11 Å². The van der Waals surface area contributed by atoms with E-state index in [1.165, 1.54) is 36.0 Å². The zero-order valence-corrected chi connectivity index (χ0v) is 11.3. The average Bonchev–Trinajstić information content (AvgIpc) is 2.29. The van der Waals surface area contributed by atoms with Crippen molar-refractivity contribution in [2.75, 3.05) is 6.61 Å². The fraction of sp³-hybridized carbons (Fsp3) is 0.455. The summed E-state index contributed by atoms with van der Waals surface area (Å²) in [4.78, 5) is 0.404. The molecule has 0 saturated heterocycles. The molecule has 0 aromatic heterocycles. The third kappa shape index (κ3) is 3.93. The molecule has 0 fully saturated rings. The van der Waals surface area contributed by atoms with Crippen molar-refractivity contribution in [1.82, 2.24) is 0 Å². The van der Waals surface area contributed by atoms with Gasteiger partial charge in [-0.3, -0.25) is 0 Å². The van der Waals surface area contributed by atoms with Crippen LogP contribution in [0.4, 0.5) is 8.78 Å². The molecule has 3 nitrogen and oxygen atoms in total. The lowest BCUT2D eigenvalue weighted by Gasteiger charge is -2.09. The van der Waals surface area contributed by atoms with Crippen molar-refractivity contribution in [1.29, 1.82) is 0 Å². The van der Waals surface area contributed by atoms with E-state index in [2.05, 4.69) is 0 Å². The number of aliphatic hydroxyl groups is 1. The molecule has 0 bridgehead atoms. The van der Waals surface area contributed by atoms with Gasteiger partial charge in [0, 0.05) is 16.8 Å². The summed E-state index contributed by atoms with van der Waals surface area (Å²) in [5.74, 6) is -3.40. The maximum atomic E-state index is 12.3. The number of thioether (sulfide) groups is 1. The standard InChI is InChI=1S/C11H14F2O3S2/c1-8(6-7-14)17-9-2-4-10(5-3-9)18(15,16)11(12)13/h2-5,8,11,14H,6-7H2,1H3. The Morgan fingerprint density at radius 1 is 1.28 bits per heavy atom. The van der Waals surface area contributed by atoms with Gasteiger partial charge in [0.05, 0.1) is 4.90 Å². The van der Waals surface area contributed by atoms with Crippen LogP contribution in [0.2, 0.25) is 0 Å². The minimum Gasteiger partial charge on any atom is -0.396 e. The van der Waals surface area contributed by atoms with E-state index in [-0.39, 0.29) is 16.8 Å². The van der Waals surface area contributed by atoms with E-state index in [0.717, 1.165) is 4.90 Å². The van der Waals surface area contributed by atoms with Crippen molar-refractivity contribution in [3.63, 3.8) is 0 Å². The number of halogens is 2. The lowest BCUT2D eigenvalue weighted by atomic mass is 10.3. The molecule has 0 aliphatic carbocycles. The summed E-state index contributed by atoms with van der Waals surface area (Å²) < 4.78 is 46.9. The van der Waals surface area contributed by atoms with Gasteiger partial charge in [-0.1, -0.05) is 6.92 Å². The van der Waals surface area contributed by atoms with E-state index >= 15 is 0 Å². The van der Waals surface area contributed by atoms with Crippen molar-refractivity contribution in [2.24, 2.45) is 0 Å². The van der Waals surface area contributed by atoms with Crippen LogP contribution in [0, 0.1) is 0 Å². The Labute approximate surface area is 109 Å². The second-order valence-electron chi connectivity index (χ2n) is 3.72. The van der Waals surface area contributed by atoms with Gasteiger partial charge in [0.2, 0.25) is 9.84 Å². The Bertz CT molecular complexity index is 472. The maximum absolute atomic E-state index is 12.3. The number of alkyl halides is 2. The van der Waals surface area contributed by atoms with Gasteiger partial charge < -0.3 is 5.11 Å². The van der Waals surface area contributed by atoms with Gasteiger partial charge in [-0.15, -0.1) is 11.8 Å². The van der Waals surface area contributed by atoms with E-state index in [1.54, 1.807) is 0 Å². The Morgan fingerprint density at radius 2 is 1.83 bits per heavy atom. The molecular weight excluding hydrogens is 282 g/mol. The van der Waals surface area contributed by atoms with Gasteiger partial charge in [-0.05, 0) is 30.7 Å². The average molecular weight is 296 g/mol. The minimum absolute atomic E-state index is 0.0754. The highest BCUT2D eigenvalue weighted by Gasteiger charge is 2.26. The third-order valence-electron chi connectivity index (χ3n) is 2.26. The summed E-state index contributed by atoms with van der Waals surface area (Å²) in [6.45, 7) is 2.00. The summed E-state index contributed by atoms with van der Waals surface area (Å²) in [5.41, 5.74) is 0. The zero-order valence-electron chi connectivity index (χ0n) is 9.71. The highest BCUT2D eigenvalue weighted by molar-refractivity contribution is 8.00. The largest absolute Gasteiger partial charge is 0.396 e. The zero-order chi connectivity index (χ0) is 13.8. The van der Waals surface area contributed by atoms with Crippen LogP contribution in [-0.4, -0.2) is 31.1 Å². The Hall–Kier alpha value is -0.660. The van der Waals surface area contributed by atoms with E-state index in [1.807, 2.05) is 6.92 Å². The molecule has 1 N–H and O–H groups in total. The van der Waals surface area contributed by atoms with E-state index in [9.17, 15) is 17.2 Å². The molecule has 1 rings (SSSR count). The summed E-state index contributed by atoms with van der Waals surface area (Å²) in [6, 6.07) is 5.34. The first-order chi connectivity index (χ1) is 8.37. The lowest BCUT2D eigenvalue weighted by molar-refractivity contribution is 0.234. The second-order valence-corrected chi connectivity index (χ2v) is 7.15. The van der Waals surface area contributed by atoms with Crippen LogP contribution < -0.4 is 0 Å². The van der Waals surface area contributed by atoms with Crippen molar-refractivity contribution in [3.05, 3.63) is 24.3 Å². The first-order valence-corrected chi connectivity index (χ1v) is 7.70. The third-order valence-corrected chi connectivity index (χ3v) is 4.84. The molecule has 0 spiro atoms. The summed E-state index contributed by atoms with van der Waals surface area (Å²) >= 11 is 1.45. The molecule has 0 radical (unpaired) electrons. The Morgan fingerprint density at radius 3 is 2.28 bits per heavy atom. The van der Waals surface area contributed by atoms with Crippen molar-refractivity contribution in [2.45, 2.75) is 34.1 Å². The molecule has 0 aliphatic rings. The van der Waals surface area contributed by atoms with Gasteiger partial charge in [0.15, 0.2) is 0 Å². The van der Waals surface area contributed by atoms with Gasteiger partial charge >= 0.3 is 5.76 Å². The van der Waals surface area contributed by atoms with Crippen LogP contribution in [-0.2, 0) is 9.84 Å². The maximum Gasteiger partial charge on any atom is 0.341 e. The number of hydrogen-bond donors (Lipinski definition) is 1. The van der Waals surface area contributed by atoms with E-state index < -0.39 is 15.6 Å². The summed E-state index contributed by atoms with van der Waals surface area (Å²) in [7, 11) is -4.51. The number of aliphatic hydroxyl groups excluding tert-OH is 1. The normalized spacial score (nSPS) is 13.8. The lowest BCUT2D eigenvalue weighted by Crippen LogP contribution is -2.11. The van der Waals surface area contributed by atoms with Gasteiger partial charge in [0.25, 0.3) is 0 Å². The smallest absolute Gasteiger partial charge is 0.341 e. The monoisotopic (exact) mass is 296 g/mol. The van der Waals surface area contributed by atoms with Crippen LogP contribution in [0.25, 0.3) is 0 Å². The molecule has 1 atom stereocenters. The van der Waals surface area contributed by atoms with Crippen LogP contribution >= 0.6 is 11.8 Å². The highest BCUT2D eigenvalue weighted by atomic mass is 32.2. The van der Waals surface area contributed by atoms with E-state index in [0.29, 0.717) is 6.42 Å². The fourth-order valence-corrected chi connectivity index (χ4v) is 2.99.